The summed E-state index contributed by atoms with van der Waals surface area (Å²) in [6, 6.07) is 17.9. The smallest absolute Gasteiger partial charge is 0.237 e. The lowest BCUT2D eigenvalue weighted by molar-refractivity contribution is -0.121. The number of rotatable bonds is 5. The van der Waals surface area contributed by atoms with Gasteiger partial charge in [-0.15, -0.1) is 0 Å². The van der Waals surface area contributed by atoms with Gasteiger partial charge in [0, 0.05) is 0 Å². The molecule has 0 spiro atoms. The quantitative estimate of drug-likeness (QED) is 0.489. The Kier molecular flexibility index (Phi) is 4.53. The van der Waals surface area contributed by atoms with Crippen molar-refractivity contribution in [2.75, 3.05) is 6.61 Å². The average molecular weight is 256 g/mol. The van der Waals surface area contributed by atoms with E-state index in [4.69, 9.17) is 10.6 Å². The molecule has 4 nitrogen and oxygen atoms in total. The number of nitrogens with one attached hydrogen (secondary N) is 1. The second kappa shape index (κ2) is 6.56. The summed E-state index contributed by atoms with van der Waals surface area (Å²) < 4.78 is 5.45. The Morgan fingerprint density at radius 3 is 2.26 bits per heavy atom. The molecule has 0 bridgehead atoms. The molecule has 0 heterocycles. The fourth-order valence-corrected chi connectivity index (χ4v) is 1.71. The van der Waals surface area contributed by atoms with E-state index in [2.05, 4.69) is 17.6 Å². The Hall–Kier alpha value is -2.33. The van der Waals surface area contributed by atoms with Gasteiger partial charge in [-0.25, -0.2) is 5.84 Å². The Morgan fingerprint density at radius 1 is 1.00 bits per heavy atom. The third kappa shape index (κ3) is 3.82. The van der Waals surface area contributed by atoms with Crippen LogP contribution in [-0.2, 0) is 4.79 Å². The van der Waals surface area contributed by atoms with Gasteiger partial charge in [-0.1, -0.05) is 42.5 Å². The molecule has 0 saturated carbocycles. The number of ether oxygens (including phenoxy) is 1. The molecule has 0 unspecified atom stereocenters. The van der Waals surface area contributed by atoms with E-state index in [0.29, 0.717) is 6.61 Å². The number of carbonyl (C=O) groups is 1. The summed E-state index contributed by atoms with van der Waals surface area (Å²) in [4.78, 5) is 10.9. The van der Waals surface area contributed by atoms with Crippen molar-refractivity contribution in [1.29, 1.82) is 0 Å². The topological polar surface area (TPSA) is 64.3 Å². The molecule has 2 aromatic carbocycles. The van der Waals surface area contributed by atoms with Gasteiger partial charge in [0.15, 0.2) is 0 Å². The van der Waals surface area contributed by atoms with Gasteiger partial charge in [-0.3, -0.25) is 10.2 Å². The monoisotopic (exact) mass is 256 g/mol. The van der Waals surface area contributed by atoms with Gasteiger partial charge < -0.3 is 4.74 Å². The molecular formula is C15H16N2O2. The Balaban J connectivity index is 1.94. The van der Waals surface area contributed by atoms with Crippen LogP contribution in [0.25, 0.3) is 11.1 Å². The summed E-state index contributed by atoms with van der Waals surface area (Å²) in [6.07, 6.45) is 0.247. The summed E-state index contributed by atoms with van der Waals surface area (Å²) in [5.41, 5.74) is 4.36. The maximum Gasteiger partial charge on any atom is 0.237 e. The third-order valence-electron chi connectivity index (χ3n) is 2.72. The summed E-state index contributed by atoms with van der Waals surface area (Å²) in [6.45, 7) is 0.313. The number of hydrazine groups is 1. The maximum absolute atomic E-state index is 10.9. The van der Waals surface area contributed by atoms with Crippen LogP contribution in [0.2, 0.25) is 0 Å². The highest BCUT2D eigenvalue weighted by Crippen LogP contribution is 2.21. The highest BCUT2D eigenvalue weighted by Gasteiger charge is 2.00. The first kappa shape index (κ1) is 13.1. The zero-order valence-corrected chi connectivity index (χ0v) is 10.5. The standard InChI is InChI=1S/C15H16N2O2/c16-17-15(18)10-11-19-14-8-6-13(7-9-14)12-4-2-1-3-5-12/h1-9H,10-11,16H2,(H,17,18). The lowest BCUT2D eigenvalue weighted by atomic mass is 10.1. The lowest BCUT2D eigenvalue weighted by Gasteiger charge is -2.07. The highest BCUT2D eigenvalue weighted by molar-refractivity contribution is 5.75. The SMILES string of the molecule is NNC(=O)CCOc1ccc(-c2ccccc2)cc1. The molecule has 0 atom stereocenters. The number of hydrogen-bond donors (Lipinski definition) is 2. The van der Waals surface area contributed by atoms with Crippen molar-refractivity contribution in [2.24, 2.45) is 5.84 Å². The van der Waals surface area contributed by atoms with Crippen LogP contribution >= 0.6 is 0 Å². The number of hydrogen-bond acceptors (Lipinski definition) is 3. The Bertz CT molecular complexity index is 524. The van der Waals surface area contributed by atoms with Crippen molar-refractivity contribution in [3.05, 3.63) is 54.6 Å². The fraction of sp³-hybridized carbons (Fsp3) is 0.133. The van der Waals surface area contributed by atoms with Gasteiger partial charge in [0.1, 0.15) is 5.75 Å². The molecule has 0 aliphatic rings. The minimum atomic E-state index is -0.235. The van der Waals surface area contributed by atoms with Crippen molar-refractivity contribution in [2.45, 2.75) is 6.42 Å². The predicted molar refractivity (Wildman–Crippen MR) is 74.3 cm³/mol. The van der Waals surface area contributed by atoms with E-state index in [9.17, 15) is 4.79 Å². The number of nitrogens with two attached hydrogens (primary N) is 1. The fourth-order valence-electron chi connectivity index (χ4n) is 1.71. The van der Waals surface area contributed by atoms with Crippen LogP contribution < -0.4 is 16.0 Å². The molecule has 0 aliphatic carbocycles. The van der Waals surface area contributed by atoms with E-state index in [1.807, 2.05) is 42.5 Å². The summed E-state index contributed by atoms with van der Waals surface area (Å²) >= 11 is 0. The molecular weight excluding hydrogens is 240 g/mol. The van der Waals surface area contributed by atoms with Crippen LogP contribution in [0.5, 0.6) is 5.75 Å². The average Bonchev–Trinajstić information content (AvgIpc) is 2.48. The van der Waals surface area contributed by atoms with E-state index in [1.54, 1.807) is 0 Å². The van der Waals surface area contributed by atoms with Gasteiger partial charge >= 0.3 is 0 Å². The van der Waals surface area contributed by atoms with E-state index >= 15 is 0 Å². The van der Waals surface area contributed by atoms with Crippen LogP contribution in [0.4, 0.5) is 0 Å². The molecule has 19 heavy (non-hydrogen) atoms. The molecule has 2 aromatic rings. The molecule has 0 saturated heterocycles. The van der Waals surface area contributed by atoms with Crippen molar-refractivity contribution in [3.63, 3.8) is 0 Å². The van der Waals surface area contributed by atoms with Gasteiger partial charge in [0.25, 0.3) is 0 Å². The summed E-state index contributed by atoms with van der Waals surface area (Å²) in [5, 5.41) is 0. The largest absolute Gasteiger partial charge is 0.493 e. The van der Waals surface area contributed by atoms with Gasteiger partial charge in [-0.2, -0.15) is 0 Å². The highest BCUT2D eigenvalue weighted by atomic mass is 16.5. The van der Waals surface area contributed by atoms with Gasteiger partial charge in [-0.05, 0) is 23.3 Å². The van der Waals surface area contributed by atoms with Crippen molar-refractivity contribution < 1.29 is 9.53 Å². The van der Waals surface area contributed by atoms with Gasteiger partial charge in [0.05, 0.1) is 13.0 Å². The van der Waals surface area contributed by atoms with Crippen LogP contribution in [0, 0.1) is 0 Å². The molecule has 4 heteroatoms. The first-order valence-corrected chi connectivity index (χ1v) is 6.07. The maximum atomic E-state index is 10.9. The molecule has 2 rings (SSSR count). The van der Waals surface area contributed by atoms with Crippen LogP contribution in [-0.4, -0.2) is 12.5 Å². The Labute approximate surface area is 112 Å². The molecule has 0 aromatic heterocycles. The minimum Gasteiger partial charge on any atom is -0.493 e. The van der Waals surface area contributed by atoms with E-state index < -0.39 is 0 Å². The zero-order valence-electron chi connectivity index (χ0n) is 10.5. The molecule has 98 valence electrons. The lowest BCUT2D eigenvalue weighted by Crippen LogP contribution is -2.31. The molecule has 0 fully saturated rings. The first-order valence-electron chi connectivity index (χ1n) is 6.07. The summed E-state index contributed by atoms with van der Waals surface area (Å²) in [5.74, 6) is 5.49. The zero-order chi connectivity index (χ0) is 13.5. The second-order valence-corrected chi connectivity index (χ2v) is 4.06. The van der Waals surface area contributed by atoms with E-state index in [-0.39, 0.29) is 12.3 Å². The van der Waals surface area contributed by atoms with Crippen LogP contribution in [0.1, 0.15) is 6.42 Å². The van der Waals surface area contributed by atoms with Crippen molar-refractivity contribution in [1.82, 2.24) is 5.43 Å². The molecule has 0 radical (unpaired) electrons. The normalized spacial score (nSPS) is 9.95. The number of benzene rings is 2. The summed E-state index contributed by atoms with van der Waals surface area (Å²) in [7, 11) is 0. The predicted octanol–water partition coefficient (Wildman–Crippen LogP) is 2.11. The number of carbonyl (C=O) groups excluding carboxylic acids is 1. The van der Waals surface area contributed by atoms with Crippen molar-refractivity contribution in [3.8, 4) is 16.9 Å². The van der Waals surface area contributed by atoms with Crippen LogP contribution in [0.15, 0.2) is 54.6 Å². The Morgan fingerprint density at radius 2 is 1.63 bits per heavy atom. The van der Waals surface area contributed by atoms with Gasteiger partial charge in [0.2, 0.25) is 5.91 Å². The van der Waals surface area contributed by atoms with E-state index in [0.717, 1.165) is 16.9 Å². The minimum absolute atomic E-state index is 0.235. The van der Waals surface area contributed by atoms with Crippen molar-refractivity contribution >= 4 is 5.91 Å². The third-order valence-corrected chi connectivity index (χ3v) is 2.72. The molecule has 1 amide bonds. The first-order chi connectivity index (χ1) is 9.29. The second-order valence-electron chi connectivity index (χ2n) is 4.06. The number of amides is 1. The molecule has 0 aliphatic heterocycles. The van der Waals surface area contributed by atoms with Crippen LogP contribution in [0.3, 0.4) is 0 Å². The molecule has 3 N–H and O–H groups in total. The van der Waals surface area contributed by atoms with E-state index in [1.165, 1.54) is 0 Å².